The third kappa shape index (κ3) is 3.75. The van der Waals surface area contributed by atoms with Crippen molar-refractivity contribution in [3.8, 4) is 0 Å². The van der Waals surface area contributed by atoms with Crippen LogP contribution >= 0.6 is 11.6 Å². The van der Waals surface area contributed by atoms with Crippen molar-refractivity contribution in [1.82, 2.24) is 20.0 Å². The van der Waals surface area contributed by atoms with E-state index >= 15 is 0 Å². The summed E-state index contributed by atoms with van der Waals surface area (Å²) < 4.78 is 5.87. The van der Waals surface area contributed by atoms with E-state index in [2.05, 4.69) is 5.32 Å². The molecule has 0 radical (unpaired) electrons. The Morgan fingerprint density at radius 2 is 1.76 bits per heavy atom. The standard InChI is InChI=1S/C24H23ClN4O4/c1-24(20-14-16-6-2-5-9-19(16)33-20)22(31)29(23(32)26-24)15-27-10-12-28(13-11-27)21(30)17-7-3-4-8-18(17)25/h2-9,14H,10-13,15H2,1H3,(H,26,32)/t24-/m0/s1. The number of urea groups is 1. The maximum atomic E-state index is 13.3. The number of fused-ring (bicyclic) bond motifs is 1. The second kappa shape index (κ2) is 8.20. The molecule has 8 nitrogen and oxygen atoms in total. The van der Waals surface area contributed by atoms with Crippen molar-refractivity contribution in [3.63, 3.8) is 0 Å². The van der Waals surface area contributed by atoms with Crippen molar-refractivity contribution < 1.29 is 18.8 Å². The second-order valence-electron chi connectivity index (χ2n) is 8.47. The molecule has 2 aliphatic rings. The largest absolute Gasteiger partial charge is 0.458 e. The van der Waals surface area contributed by atoms with Gasteiger partial charge in [0.05, 0.1) is 17.3 Å². The van der Waals surface area contributed by atoms with Crippen molar-refractivity contribution >= 4 is 40.4 Å². The number of amides is 4. The van der Waals surface area contributed by atoms with Gasteiger partial charge in [0.15, 0.2) is 5.54 Å². The van der Waals surface area contributed by atoms with Gasteiger partial charge in [0, 0.05) is 31.6 Å². The van der Waals surface area contributed by atoms with Gasteiger partial charge in [-0.2, -0.15) is 0 Å². The lowest BCUT2D eigenvalue weighted by atomic mass is 9.99. The van der Waals surface area contributed by atoms with Crippen LogP contribution in [-0.2, 0) is 10.3 Å². The molecule has 1 N–H and O–H groups in total. The van der Waals surface area contributed by atoms with E-state index in [1.54, 1.807) is 42.2 Å². The van der Waals surface area contributed by atoms with Gasteiger partial charge in [-0.25, -0.2) is 9.69 Å². The minimum absolute atomic E-state index is 0.118. The molecule has 5 rings (SSSR count). The highest BCUT2D eigenvalue weighted by molar-refractivity contribution is 6.33. The number of hydrogen-bond acceptors (Lipinski definition) is 5. The number of benzene rings is 2. The van der Waals surface area contributed by atoms with Crippen molar-refractivity contribution in [2.75, 3.05) is 32.8 Å². The summed E-state index contributed by atoms with van der Waals surface area (Å²) in [5, 5.41) is 4.08. The van der Waals surface area contributed by atoms with E-state index in [1.165, 1.54) is 4.90 Å². The molecule has 0 spiro atoms. The lowest BCUT2D eigenvalue weighted by Gasteiger charge is -2.36. The normalized spacial score (nSPS) is 21.6. The van der Waals surface area contributed by atoms with Gasteiger partial charge in [0.1, 0.15) is 11.3 Å². The number of nitrogens with zero attached hydrogens (tertiary/aromatic N) is 3. The molecule has 0 bridgehead atoms. The molecule has 33 heavy (non-hydrogen) atoms. The smallest absolute Gasteiger partial charge is 0.326 e. The highest BCUT2D eigenvalue weighted by Gasteiger charge is 2.51. The maximum absolute atomic E-state index is 13.3. The van der Waals surface area contributed by atoms with Crippen molar-refractivity contribution in [2.24, 2.45) is 0 Å². The quantitative estimate of drug-likeness (QED) is 0.596. The molecule has 2 aromatic carbocycles. The average Bonchev–Trinajstić information content (AvgIpc) is 3.35. The predicted molar refractivity (Wildman–Crippen MR) is 123 cm³/mol. The molecule has 1 aromatic heterocycles. The molecule has 3 heterocycles. The predicted octanol–water partition coefficient (Wildman–Crippen LogP) is 3.27. The van der Waals surface area contributed by atoms with Gasteiger partial charge >= 0.3 is 6.03 Å². The maximum Gasteiger partial charge on any atom is 0.326 e. The molecule has 2 saturated heterocycles. The lowest BCUT2D eigenvalue weighted by molar-refractivity contribution is -0.133. The Labute approximate surface area is 195 Å². The van der Waals surface area contributed by atoms with Gasteiger partial charge in [-0.05, 0) is 31.2 Å². The molecule has 170 valence electrons. The lowest BCUT2D eigenvalue weighted by Crippen LogP contribution is -2.52. The third-order valence-electron chi connectivity index (χ3n) is 6.30. The molecular weight excluding hydrogens is 444 g/mol. The summed E-state index contributed by atoms with van der Waals surface area (Å²) >= 11 is 6.16. The zero-order chi connectivity index (χ0) is 23.2. The van der Waals surface area contributed by atoms with E-state index in [0.29, 0.717) is 48.1 Å². The molecular formula is C24H23ClN4O4. The van der Waals surface area contributed by atoms with Crippen LogP contribution in [0.2, 0.25) is 5.02 Å². The molecule has 9 heteroatoms. The number of imide groups is 1. The van der Waals surface area contributed by atoms with E-state index < -0.39 is 11.6 Å². The number of carbonyl (C=O) groups excluding carboxylic acids is 3. The minimum atomic E-state index is -1.27. The van der Waals surface area contributed by atoms with Crippen LogP contribution < -0.4 is 5.32 Å². The Bertz CT molecular complexity index is 1220. The molecule has 0 aliphatic carbocycles. The van der Waals surface area contributed by atoms with E-state index in [-0.39, 0.29) is 18.5 Å². The van der Waals surface area contributed by atoms with Crippen LogP contribution in [0.25, 0.3) is 11.0 Å². The fraction of sp³-hybridized carbons (Fsp3) is 0.292. The zero-order valence-corrected chi connectivity index (χ0v) is 18.8. The highest BCUT2D eigenvalue weighted by Crippen LogP contribution is 2.33. The Morgan fingerprint density at radius 3 is 2.48 bits per heavy atom. The van der Waals surface area contributed by atoms with Gasteiger partial charge in [0.25, 0.3) is 11.8 Å². The first kappa shape index (κ1) is 21.5. The third-order valence-corrected chi connectivity index (χ3v) is 6.63. The van der Waals surface area contributed by atoms with Crippen LogP contribution in [0, 0.1) is 0 Å². The molecule has 0 unspecified atom stereocenters. The van der Waals surface area contributed by atoms with E-state index in [1.807, 2.05) is 29.2 Å². The van der Waals surface area contributed by atoms with Crippen molar-refractivity contribution in [2.45, 2.75) is 12.5 Å². The number of carbonyl (C=O) groups is 3. The summed E-state index contributed by atoms with van der Waals surface area (Å²) in [7, 11) is 0. The fourth-order valence-corrected chi connectivity index (χ4v) is 4.53. The van der Waals surface area contributed by atoms with E-state index in [0.717, 1.165) is 5.39 Å². The van der Waals surface area contributed by atoms with E-state index in [4.69, 9.17) is 16.0 Å². The monoisotopic (exact) mass is 466 g/mol. The molecule has 0 saturated carbocycles. The van der Waals surface area contributed by atoms with Gasteiger partial charge in [-0.15, -0.1) is 0 Å². The zero-order valence-electron chi connectivity index (χ0n) is 18.1. The molecule has 3 aromatic rings. The topological polar surface area (TPSA) is 86.1 Å². The van der Waals surface area contributed by atoms with Crippen LogP contribution in [0.4, 0.5) is 4.79 Å². The van der Waals surface area contributed by atoms with Gasteiger partial charge in [-0.1, -0.05) is 41.9 Å². The number of hydrogen-bond donors (Lipinski definition) is 1. The summed E-state index contributed by atoms with van der Waals surface area (Å²) in [4.78, 5) is 43.7. The number of nitrogens with one attached hydrogen (secondary N) is 1. The highest BCUT2D eigenvalue weighted by atomic mass is 35.5. The van der Waals surface area contributed by atoms with Crippen LogP contribution in [0.5, 0.6) is 0 Å². The molecule has 2 aliphatic heterocycles. The Morgan fingerprint density at radius 1 is 1.06 bits per heavy atom. The van der Waals surface area contributed by atoms with E-state index in [9.17, 15) is 14.4 Å². The fourth-order valence-electron chi connectivity index (χ4n) is 4.32. The number of piperazine rings is 1. The van der Waals surface area contributed by atoms with Crippen molar-refractivity contribution in [3.05, 3.63) is 70.9 Å². The summed E-state index contributed by atoms with van der Waals surface area (Å²) in [6.07, 6.45) is 0. The summed E-state index contributed by atoms with van der Waals surface area (Å²) in [5.41, 5.74) is -0.130. The number of rotatable bonds is 4. The first-order valence-electron chi connectivity index (χ1n) is 10.8. The number of para-hydroxylation sites is 1. The van der Waals surface area contributed by atoms with Gasteiger partial charge in [0.2, 0.25) is 0 Å². The van der Waals surface area contributed by atoms with Crippen LogP contribution in [-0.4, -0.2) is 65.4 Å². The van der Waals surface area contributed by atoms with Crippen LogP contribution in [0.3, 0.4) is 0 Å². The second-order valence-corrected chi connectivity index (χ2v) is 8.88. The first-order valence-corrected chi connectivity index (χ1v) is 11.1. The van der Waals surface area contributed by atoms with Crippen LogP contribution in [0.1, 0.15) is 23.0 Å². The summed E-state index contributed by atoms with van der Waals surface area (Å²) in [6, 6.07) is 15.8. The van der Waals surface area contributed by atoms with Crippen molar-refractivity contribution in [1.29, 1.82) is 0 Å². The first-order chi connectivity index (χ1) is 15.9. The van der Waals surface area contributed by atoms with Crippen LogP contribution in [0.15, 0.2) is 59.0 Å². The summed E-state index contributed by atoms with van der Waals surface area (Å²) in [5.74, 6) is -0.0754. The molecule has 4 amide bonds. The number of halogens is 1. The van der Waals surface area contributed by atoms with Gasteiger partial charge < -0.3 is 14.6 Å². The Balaban J connectivity index is 1.25. The number of furan rings is 1. The SMILES string of the molecule is C[C@@]1(c2cc3ccccc3o2)NC(=O)N(CN2CCN(C(=O)c3ccccc3Cl)CC2)C1=O. The molecule has 2 fully saturated rings. The summed E-state index contributed by atoms with van der Waals surface area (Å²) in [6.45, 7) is 3.84. The minimum Gasteiger partial charge on any atom is -0.458 e. The average molecular weight is 467 g/mol. The van der Waals surface area contributed by atoms with Gasteiger partial charge in [-0.3, -0.25) is 14.5 Å². The molecule has 1 atom stereocenters. The Hall–Kier alpha value is -3.36. The Kier molecular flexibility index (Phi) is 5.34.